The summed E-state index contributed by atoms with van der Waals surface area (Å²) in [5.74, 6) is 0. The van der Waals surface area contributed by atoms with Crippen LogP contribution in [-0.4, -0.2) is 0 Å². The fourth-order valence-electron chi connectivity index (χ4n) is 3.49. The molecule has 0 aliphatic heterocycles. The van der Waals surface area contributed by atoms with Crippen LogP contribution in [0.25, 0.3) is 0 Å². The zero-order valence-electron chi connectivity index (χ0n) is 13.3. The molecule has 1 nitrogen and oxygen atoms in total. The van der Waals surface area contributed by atoms with Gasteiger partial charge in [-0.25, -0.2) is 0 Å². The maximum absolute atomic E-state index is 3.74. The quantitative estimate of drug-likeness (QED) is 0.839. The smallest absolute Gasteiger partial charge is 0.0300 e. The van der Waals surface area contributed by atoms with Crippen LogP contribution < -0.4 is 5.32 Å². The molecule has 1 aliphatic carbocycles. The van der Waals surface area contributed by atoms with Gasteiger partial charge in [-0.05, 0) is 67.9 Å². The normalized spacial score (nSPS) is 16.5. The standard InChI is InChI=1S/C20H25N/c1-14-7-4-5-10-20(14)16(3)21-15(2)18-12-11-17-8-6-9-19(17)13-18/h4-5,7,10-13,15-16,21H,6,8-9H2,1-3H3. The first-order chi connectivity index (χ1) is 10.1. The molecule has 0 spiro atoms. The monoisotopic (exact) mass is 279 g/mol. The van der Waals surface area contributed by atoms with Crippen molar-refractivity contribution < 1.29 is 0 Å². The number of hydrogen-bond donors (Lipinski definition) is 1. The molecule has 2 aromatic rings. The lowest BCUT2D eigenvalue weighted by atomic mass is 9.99. The third-order valence-corrected chi connectivity index (χ3v) is 4.78. The summed E-state index contributed by atoms with van der Waals surface area (Å²) < 4.78 is 0. The lowest BCUT2D eigenvalue weighted by Gasteiger charge is -2.22. The van der Waals surface area contributed by atoms with E-state index in [-0.39, 0.29) is 0 Å². The van der Waals surface area contributed by atoms with Crippen molar-refractivity contribution in [2.45, 2.75) is 52.1 Å². The van der Waals surface area contributed by atoms with E-state index in [0.717, 1.165) is 0 Å². The predicted molar refractivity (Wildman–Crippen MR) is 89.6 cm³/mol. The SMILES string of the molecule is Cc1ccccc1C(C)NC(C)c1ccc2c(c1)CCC2. The van der Waals surface area contributed by atoms with Crippen LogP contribution in [0.2, 0.25) is 0 Å². The number of rotatable bonds is 4. The van der Waals surface area contributed by atoms with Gasteiger partial charge in [0.15, 0.2) is 0 Å². The van der Waals surface area contributed by atoms with Crippen molar-refractivity contribution in [3.05, 3.63) is 70.3 Å². The van der Waals surface area contributed by atoms with Crippen molar-refractivity contribution in [2.75, 3.05) is 0 Å². The summed E-state index contributed by atoms with van der Waals surface area (Å²) in [4.78, 5) is 0. The van der Waals surface area contributed by atoms with Gasteiger partial charge >= 0.3 is 0 Å². The fraction of sp³-hybridized carbons (Fsp3) is 0.400. The average Bonchev–Trinajstić information content (AvgIpc) is 2.94. The maximum atomic E-state index is 3.74. The highest BCUT2D eigenvalue weighted by Crippen LogP contribution is 2.27. The van der Waals surface area contributed by atoms with Crippen LogP contribution in [0.3, 0.4) is 0 Å². The van der Waals surface area contributed by atoms with Crippen molar-refractivity contribution in [3.63, 3.8) is 0 Å². The second-order valence-electron chi connectivity index (χ2n) is 6.35. The third-order valence-electron chi connectivity index (χ3n) is 4.78. The first-order valence-electron chi connectivity index (χ1n) is 8.08. The summed E-state index contributed by atoms with van der Waals surface area (Å²) in [5, 5.41) is 3.74. The van der Waals surface area contributed by atoms with Gasteiger partial charge in [0.05, 0.1) is 0 Å². The van der Waals surface area contributed by atoms with Gasteiger partial charge in [-0.2, -0.15) is 0 Å². The molecular weight excluding hydrogens is 254 g/mol. The maximum Gasteiger partial charge on any atom is 0.0300 e. The number of nitrogens with one attached hydrogen (secondary N) is 1. The lowest BCUT2D eigenvalue weighted by molar-refractivity contribution is 0.493. The fourth-order valence-corrected chi connectivity index (χ4v) is 3.49. The van der Waals surface area contributed by atoms with Crippen molar-refractivity contribution in [3.8, 4) is 0 Å². The Labute approximate surface area is 128 Å². The number of hydrogen-bond acceptors (Lipinski definition) is 1. The summed E-state index contributed by atoms with van der Waals surface area (Å²) in [6, 6.07) is 16.4. The topological polar surface area (TPSA) is 12.0 Å². The minimum atomic E-state index is 0.370. The Morgan fingerprint density at radius 2 is 1.67 bits per heavy atom. The van der Waals surface area contributed by atoms with E-state index in [9.17, 15) is 0 Å². The first-order valence-corrected chi connectivity index (χ1v) is 8.08. The van der Waals surface area contributed by atoms with Crippen molar-refractivity contribution in [1.29, 1.82) is 0 Å². The molecule has 3 rings (SSSR count). The zero-order valence-corrected chi connectivity index (χ0v) is 13.3. The molecular formula is C20H25N. The molecule has 21 heavy (non-hydrogen) atoms. The van der Waals surface area contributed by atoms with E-state index in [1.54, 1.807) is 11.1 Å². The van der Waals surface area contributed by atoms with E-state index in [2.05, 4.69) is 68.6 Å². The number of aryl methyl sites for hydroxylation is 3. The molecule has 1 N–H and O–H groups in total. The van der Waals surface area contributed by atoms with Crippen LogP contribution >= 0.6 is 0 Å². The summed E-state index contributed by atoms with van der Waals surface area (Å²) in [6.07, 6.45) is 3.83. The van der Waals surface area contributed by atoms with Crippen LogP contribution in [-0.2, 0) is 12.8 Å². The van der Waals surface area contributed by atoms with Crippen LogP contribution in [0.15, 0.2) is 42.5 Å². The molecule has 0 amide bonds. The molecule has 0 heterocycles. The van der Waals surface area contributed by atoms with Gasteiger partial charge in [0.2, 0.25) is 0 Å². The highest BCUT2D eigenvalue weighted by atomic mass is 14.9. The van der Waals surface area contributed by atoms with Crippen LogP contribution in [0.4, 0.5) is 0 Å². The van der Waals surface area contributed by atoms with Crippen LogP contribution in [0.5, 0.6) is 0 Å². The summed E-state index contributed by atoms with van der Waals surface area (Å²) >= 11 is 0. The van der Waals surface area contributed by atoms with Gasteiger partial charge in [-0.1, -0.05) is 42.5 Å². The van der Waals surface area contributed by atoms with Gasteiger partial charge < -0.3 is 5.32 Å². The predicted octanol–water partition coefficient (Wildman–Crippen LogP) is 4.90. The Bertz CT molecular complexity index is 629. The molecule has 0 radical (unpaired) electrons. The molecule has 0 bridgehead atoms. The van der Waals surface area contributed by atoms with Gasteiger partial charge in [-0.15, -0.1) is 0 Å². The number of benzene rings is 2. The highest BCUT2D eigenvalue weighted by Gasteiger charge is 2.16. The summed E-state index contributed by atoms with van der Waals surface area (Å²) in [7, 11) is 0. The Balaban J connectivity index is 1.74. The van der Waals surface area contributed by atoms with Crippen LogP contribution in [0.1, 0.15) is 60.2 Å². The largest absolute Gasteiger partial charge is 0.304 e. The van der Waals surface area contributed by atoms with Gasteiger partial charge in [0.1, 0.15) is 0 Å². The summed E-state index contributed by atoms with van der Waals surface area (Å²) in [5.41, 5.74) is 7.28. The Morgan fingerprint density at radius 3 is 2.48 bits per heavy atom. The lowest BCUT2D eigenvalue weighted by Crippen LogP contribution is -2.23. The molecule has 1 aliphatic rings. The molecule has 0 aromatic heterocycles. The van der Waals surface area contributed by atoms with Crippen molar-refractivity contribution in [1.82, 2.24) is 5.32 Å². The van der Waals surface area contributed by atoms with Crippen molar-refractivity contribution in [2.24, 2.45) is 0 Å². The average molecular weight is 279 g/mol. The number of fused-ring (bicyclic) bond motifs is 1. The second kappa shape index (κ2) is 6.03. The Hall–Kier alpha value is -1.60. The summed E-state index contributed by atoms with van der Waals surface area (Å²) in [6.45, 7) is 6.71. The highest BCUT2D eigenvalue weighted by molar-refractivity contribution is 5.36. The first kappa shape index (κ1) is 14.3. The molecule has 2 unspecified atom stereocenters. The molecule has 0 fully saturated rings. The minimum Gasteiger partial charge on any atom is -0.304 e. The van der Waals surface area contributed by atoms with E-state index in [1.165, 1.54) is 36.0 Å². The molecule has 110 valence electrons. The molecule has 0 saturated heterocycles. The van der Waals surface area contributed by atoms with E-state index >= 15 is 0 Å². The van der Waals surface area contributed by atoms with Crippen molar-refractivity contribution >= 4 is 0 Å². The van der Waals surface area contributed by atoms with Crippen LogP contribution in [0, 0.1) is 6.92 Å². The van der Waals surface area contributed by atoms with Gasteiger partial charge in [-0.3, -0.25) is 0 Å². The van der Waals surface area contributed by atoms with Gasteiger partial charge in [0, 0.05) is 12.1 Å². The second-order valence-corrected chi connectivity index (χ2v) is 6.35. The minimum absolute atomic E-state index is 0.370. The van der Waals surface area contributed by atoms with E-state index < -0.39 is 0 Å². The van der Waals surface area contributed by atoms with E-state index in [4.69, 9.17) is 0 Å². The van der Waals surface area contributed by atoms with E-state index in [0.29, 0.717) is 12.1 Å². The molecule has 0 saturated carbocycles. The molecule has 2 aromatic carbocycles. The van der Waals surface area contributed by atoms with E-state index in [1.807, 2.05) is 0 Å². The zero-order chi connectivity index (χ0) is 14.8. The Kier molecular flexibility index (Phi) is 4.12. The Morgan fingerprint density at radius 1 is 0.905 bits per heavy atom. The third kappa shape index (κ3) is 3.03. The molecule has 1 heteroatoms. The molecule has 2 atom stereocenters. The van der Waals surface area contributed by atoms with Gasteiger partial charge in [0.25, 0.3) is 0 Å².